The van der Waals surface area contributed by atoms with E-state index >= 15 is 0 Å². The van der Waals surface area contributed by atoms with E-state index in [1.807, 2.05) is 0 Å². The average Bonchev–Trinajstić information content (AvgIpc) is 1.87. The van der Waals surface area contributed by atoms with E-state index in [4.69, 9.17) is 0 Å². The number of unbranched alkanes of at least 4 members (excludes halogenated alkanes) is 3. The molecule has 11 heavy (non-hydrogen) atoms. The van der Waals surface area contributed by atoms with Gasteiger partial charge in [0.25, 0.3) is 0 Å². The molecule has 0 aliphatic heterocycles. The van der Waals surface area contributed by atoms with Crippen LogP contribution in [0.4, 0.5) is 0 Å². The third-order valence-corrected chi connectivity index (χ3v) is 1.59. The fraction of sp³-hybridized carbons (Fsp3) is 0.857. The number of nitrogens with one attached hydrogen (secondary N) is 1. The first-order chi connectivity index (χ1) is 4.77. The third kappa shape index (κ3) is 13.7. The van der Waals surface area contributed by atoms with E-state index < -0.39 is 0 Å². The summed E-state index contributed by atoms with van der Waals surface area (Å²) in [4.78, 5) is 0. The van der Waals surface area contributed by atoms with Gasteiger partial charge in [-0.15, -0.1) is 0 Å². The summed E-state index contributed by atoms with van der Waals surface area (Å²) < 4.78 is 0.497. The molecule has 0 fully saturated rings. The molecule has 1 nitrogen and oxygen atoms in total. The van der Waals surface area contributed by atoms with Crippen LogP contribution in [-0.4, -0.2) is 10.9 Å². The largest absolute Gasteiger partial charge is 0.412 e. The van der Waals surface area contributed by atoms with Crippen molar-refractivity contribution in [1.29, 1.82) is 0 Å². The molecule has 0 aromatic carbocycles. The van der Waals surface area contributed by atoms with Crippen molar-refractivity contribution in [3.8, 4) is 0 Å². The van der Waals surface area contributed by atoms with Gasteiger partial charge in [-0.05, 0) is 6.42 Å². The summed E-state index contributed by atoms with van der Waals surface area (Å²) in [5, 5.41) is 2.95. The van der Waals surface area contributed by atoms with E-state index in [1.165, 1.54) is 25.7 Å². The maximum absolute atomic E-state index is 4.68. The average molecular weight is 272 g/mol. The second-order valence-corrected chi connectivity index (χ2v) is 3.35. The minimum atomic E-state index is 0. The van der Waals surface area contributed by atoms with Crippen LogP contribution >= 0.6 is 12.2 Å². The Bertz CT molecular complexity index is 98.4. The molecule has 0 aromatic rings. The van der Waals surface area contributed by atoms with E-state index in [1.54, 1.807) is 0 Å². The number of hydrogen-bond acceptors (Lipinski definition) is 2. The zero-order valence-electron chi connectivity index (χ0n) is 6.76. The molecule has 0 aliphatic rings. The van der Waals surface area contributed by atoms with Gasteiger partial charge in [0.15, 0.2) is 0 Å². The summed E-state index contributed by atoms with van der Waals surface area (Å²) in [6.07, 6.45) is 5.05. The number of hydrogen-bond donors (Lipinski definition) is 1. The van der Waals surface area contributed by atoms with Gasteiger partial charge in [-0.25, -0.2) is 0 Å². The van der Waals surface area contributed by atoms with Crippen LogP contribution in [0.3, 0.4) is 0 Å². The number of thiocarbonyl (C=S) groups is 1. The molecule has 1 N–H and O–H groups in total. The van der Waals surface area contributed by atoms with Crippen molar-refractivity contribution in [2.45, 2.75) is 32.6 Å². The molecule has 0 heterocycles. The fourth-order valence-electron chi connectivity index (χ4n) is 0.742. The molecule has 0 unspecified atom stereocenters. The monoisotopic (exact) mass is 274 g/mol. The van der Waals surface area contributed by atoms with Crippen molar-refractivity contribution in [2.75, 3.05) is 6.54 Å². The minimum Gasteiger partial charge on any atom is -0.412 e. The Balaban J connectivity index is 0. The maximum atomic E-state index is 4.68. The molecule has 0 saturated heterocycles. The molecular weight excluding hydrogens is 258 g/mol. The van der Waals surface area contributed by atoms with Gasteiger partial charge in [0.05, 0.1) is 0 Å². The van der Waals surface area contributed by atoms with E-state index in [2.05, 4.69) is 37.1 Å². The van der Waals surface area contributed by atoms with Crippen LogP contribution in [-0.2, 0) is 33.7 Å². The van der Waals surface area contributed by atoms with Crippen molar-refractivity contribution in [1.82, 2.24) is 5.32 Å². The van der Waals surface area contributed by atoms with E-state index in [-0.39, 0.29) is 21.1 Å². The molecule has 4 heteroatoms. The first-order valence-corrected chi connectivity index (χ1v) is 4.54. The summed E-state index contributed by atoms with van der Waals surface area (Å²) in [5.74, 6) is 0. The van der Waals surface area contributed by atoms with E-state index in [9.17, 15) is 0 Å². The molecule has 0 aromatic heterocycles. The van der Waals surface area contributed by atoms with E-state index in [0.717, 1.165) is 6.54 Å². The molecule has 0 radical (unpaired) electrons. The van der Waals surface area contributed by atoms with Crippen molar-refractivity contribution >= 4 is 29.2 Å². The quantitative estimate of drug-likeness (QED) is 0.356. The summed E-state index contributed by atoms with van der Waals surface area (Å²) in [6.45, 7) is 3.15. The smallest absolute Gasteiger partial charge is 0.0132 e. The topological polar surface area (TPSA) is 12.0 Å². The van der Waals surface area contributed by atoms with Gasteiger partial charge in [-0.3, -0.25) is 0 Å². The van der Waals surface area contributed by atoms with Crippen LogP contribution in [0.2, 0.25) is 0 Å². The Morgan fingerprint density at radius 2 is 2.00 bits per heavy atom. The standard InChI is InChI=1S/C7H15NS2.Mo/c1-2-3-4-5-6-8-7(9)10;/h2-6H2,1H3,(H2,8,9,10);/p-1. The Morgan fingerprint density at radius 3 is 2.45 bits per heavy atom. The van der Waals surface area contributed by atoms with Crippen LogP contribution < -0.4 is 5.32 Å². The maximum Gasteiger partial charge on any atom is 0.0132 e. The van der Waals surface area contributed by atoms with Gasteiger partial charge in [-0.2, -0.15) is 0 Å². The summed E-state index contributed by atoms with van der Waals surface area (Å²) >= 11 is 9.35. The van der Waals surface area contributed by atoms with Gasteiger partial charge >= 0.3 is 0 Å². The summed E-state index contributed by atoms with van der Waals surface area (Å²) in [5.41, 5.74) is 0. The first-order valence-electron chi connectivity index (χ1n) is 3.72. The van der Waals surface area contributed by atoms with Crippen molar-refractivity contribution in [2.24, 2.45) is 0 Å². The van der Waals surface area contributed by atoms with Gasteiger partial charge in [0.2, 0.25) is 0 Å². The zero-order chi connectivity index (χ0) is 7.82. The SMILES string of the molecule is CCCCCCNC(=S)[S-].[Mo]. The van der Waals surface area contributed by atoms with Crippen LogP contribution in [0.15, 0.2) is 0 Å². The predicted molar refractivity (Wildman–Crippen MR) is 52.1 cm³/mol. The van der Waals surface area contributed by atoms with Crippen LogP contribution in [0.5, 0.6) is 0 Å². The van der Waals surface area contributed by atoms with Crippen molar-refractivity contribution < 1.29 is 21.1 Å². The third-order valence-electron chi connectivity index (χ3n) is 1.30. The van der Waals surface area contributed by atoms with Gasteiger partial charge in [0.1, 0.15) is 0 Å². The predicted octanol–water partition coefficient (Wildman–Crippen LogP) is 1.99. The number of rotatable bonds is 5. The fourth-order valence-corrected chi connectivity index (χ4v) is 0.946. The van der Waals surface area contributed by atoms with Crippen LogP contribution in [0, 0.1) is 0 Å². The summed E-state index contributed by atoms with van der Waals surface area (Å²) in [6, 6.07) is 0. The minimum absolute atomic E-state index is 0. The molecule has 0 saturated carbocycles. The normalized spacial score (nSPS) is 8.45. The second-order valence-electron chi connectivity index (χ2n) is 2.27. The molecule has 0 spiro atoms. The molecule has 0 rings (SSSR count). The molecule has 0 amide bonds. The van der Waals surface area contributed by atoms with Crippen LogP contribution in [0.1, 0.15) is 32.6 Å². The van der Waals surface area contributed by atoms with Gasteiger partial charge < -0.3 is 30.2 Å². The van der Waals surface area contributed by atoms with Gasteiger partial charge in [-0.1, -0.05) is 30.5 Å². The first kappa shape index (κ1) is 14.3. The van der Waals surface area contributed by atoms with Crippen molar-refractivity contribution in [3.63, 3.8) is 0 Å². The second kappa shape index (κ2) is 10.8. The van der Waals surface area contributed by atoms with Crippen molar-refractivity contribution in [3.05, 3.63) is 0 Å². The zero-order valence-corrected chi connectivity index (χ0v) is 10.4. The van der Waals surface area contributed by atoms with Crippen LogP contribution in [0.25, 0.3) is 0 Å². The Labute approximate surface area is 94.4 Å². The molecular formula is C7H14MoNS2-. The Morgan fingerprint density at radius 1 is 1.36 bits per heavy atom. The summed E-state index contributed by atoms with van der Waals surface area (Å²) in [7, 11) is 0. The molecule has 0 bridgehead atoms. The Kier molecular flexibility index (Phi) is 14.1. The van der Waals surface area contributed by atoms with E-state index in [0.29, 0.717) is 4.32 Å². The molecule has 0 aliphatic carbocycles. The molecule has 0 atom stereocenters. The Hall–Kier alpha value is 0.798. The molecule has 66 valence electrons. The van der Waals surface area contributed by atoms with Gasteiger partial charge in [0, 0.05) is 27.6 Å².